The highest BCUT2D eigenvalue weighted by molar-refractivity contribution is 7.89. The molecule has 3 rings (SSSR count). The summed E-state index contributed by atoms with van der Waals surface area (Å²) in [4.78, 5) is 4.29. The van der Waals surface area contributed by atoms with Crippen molar-refractivity contribution in [2.45, 2.75) is 45.2 Å². The Morgan fingerprint density at radius 2 is 2.00 bits per heavy atom. The van der Waals surface area contributed by atoms with Crippen LogP contribution in [0.15, 0.2) is 12.1 Å². The van der Waals surface area contributed by atoms with Crippen LogP contribution in [0.5, 0.6) is 0 Å². The predicted octanol–water partition coefficient (Wildman–Crippen LogP) is 3.01. The monoisotopic (exact) mass is 390 g/mol. The van der Waals surface area contributed by atoms with Crippen LogP contribution >= 0.6 is 0 Å². The van der Waals surface area contributed by atoms with Crippen molar-refractivity contribution in [3.05, 3.63) is 29.2 Å². The molecule has 1 unspecified atom stereocenters. The zero-order chi connectivity index (χ0) is 19.3. The van der Waals surface area contributed by atoms with E-state index in [0.717, 1.165) is 10.6 Å². The molecule has 2 aromatic heterocycles. The summed E-state index contributed by atoms with van der Waals surface area (Å²) in [6, 6.07) is 2.56. The van der Waals surface area contributed by atoms with Crippen LogP contribution in [-0.2, 0) is 16.2 Å². The smallest absolute Gasteiger partial charge is 0.233 e. The van der Waals surface area contributed by atoms with Gasteiger partial charge in [0.15, 0.2) is 5.65 Å². The Balaban J connectivity index is 2.02. The highest BCUT2D eigenvalue weighted by atomic mass is 32.2. The van der Waals surface area contributed by atoms with Crippen LogP contribution in [0.3, 0.4) is 0 Å². The molecule has 0 amide bonds. The fourth-order valence-electron chi connectivity index (χ4n) is 3.11. The van der Waals surface area contributed by atoms with Gasteiger partial charge < -0.3 is 0 Å². The molecule has 3 heterocycles. The van der Waals surface area contributed by atoms with E-state index in [1.807, 2.05) is 0 Å². The van der Waals surface area contributed by atoms with Gasteiger partial charge in [-0.05, 0) is 25.3 Å². The maximum absolute atomic E-state index is 13.4. The van der Waals surface area contributed by atoms with Gasteiger partial charge in [0.2, 0.25) is 10.0 Å². The second kappa shape index (κ2) is 6.49. The van der Waals surface area contributed by atoms with Crippen LogP contribution in [0.1, 0.15) is 56.1 Å². The molecule has 1 aliphatic rings. The van der Waals surface area contributed by atoms with E-state index in [2.05, 4.69) is 10.1 Å². The van der Waals surface area contributed by atoms with E-state index in [1.165, 1.54) is 10.4 Å². The first-order valence-electron chi connectivity index (χ1n) is 8.48. The lowest BCUT2D eigenvalue weighted by Crippen LogP contribution is -2.29. The first-order valence-corrected chi connectivity index (χ1v) is 10.1. The molecular weight excluding hydrogens is 369 g/mol. The van der Waals surface area contributed by atoms with Gasteiger partial charge in [-0.25, -0.2) is 22.2 Å². The molecule has 0 saturated carbocycles. The Hall–Kier alpha value is -1.68. The highest BCUT2D eigenvalue weighted by Crippen LogP contribution is 2.33. The van der Waals surface area contributed by atoms with E-state index in [-0.39, 0.29) is 29.8 Å². The number of nitrogens with zero attached hydrogens (tertiary/aromatic N) is 4. The molecule has 6 nitrogen and oxygen atoms in total. The summed E-state index contributed by atoms with van der Waals surface area (Å²) in [5.41, 5.74) is 0.0550. The maximum Gasteiger partial charge on any atom is 0.433 e. The van der Waals surface area contributed by atoms with Crippen molar-refractivity contribution in [2.75, 3.05) is 18.8 Å². The van der Waals surface area contributed by atoms with Gasteiger partial charge in [0.05, 0.1) is 11.4 Å². The zero-order valence-electron chi connectivity index (χ0n) is 14.8. The number of hydrogen-bond acceptors (Lipinski definition) is 4. The van der Waals surface area contributed by atoms with Gasteiger partial charge in [0, 0.05) is 30.8 Å². The molecule has 1 atom stereocenters. The Kier molecular flexibility index (Phi) is 4.76. The van der Waals surface area contributed by atoms with Crippen molar-refractivity contribution >= 4 is 15.7 Å². The molecule has 0 spiro atoms. The van der Waals surface area contributed by atoms with Crippen LogP contribution in [0.2, 0.25) is 0 Å². The van der Waals surface area contributed by atoms with E-state index in [0.29, 0.717) is 24.4 Å². The second-order valence-corrected chi connectivity index (χ2v) is 9.06. The van der Waals surface area contributed by atoms with Gasteiger partial charge >= 0.3 is 6.18 Å². The van der Waals surface area contributed by atoms with E-state index in [1.54, 1.807) is 20.8 Å². The molecule has 144 valence electrons. The SMILES string of the molecule is CCS(=O)(=O)N1CCC(c2cc3nc(C(C)C)cc(C(F)(F)F)n3n2)C1. The van der Waals surface area contributed by atoms with Crippen molar-refractivity contribution in [1.29, 1.82) is 0 Å². The normalized spacial score (nSPS) is 19.7. The molecule has 0 aromatic carbocycles. The summed E-state index contributed by atoms with van der Waals surface area (Å²) in [7, 11) is -3.32. The lowest BCUT2D eigenvalue weighted by molar-refractivity contribution is -0.142. The summed E-state index contributed by atoms with van der Waals surface area (Å²) in [5.74, 6) is -0.389. The third-order valence-electron chi connectivity index (χ3n) is 4.68. The van der Waals surface area contributed by atoms with E-state index < -0.39 is 21.9 Å². The number of fused-ring (bicyclic) bond motifs is 1. The second-order valence-electron chi connectivity index (χ2n) is 6.80. The summed E-state index contributed by atoms with van der Waals surface area (Å²) in [6.45, 7) is 5.71. The first-order chi connectivity index (χ1) is 12.0. The Bertz CT molecular complexity index is 921. The van der Waals surface area contributed by atoms with Crippen LogP contribution in [0.25, 0.3) is 5.65 Å². The number of alkyl halides is 3. The number of rotatable bonds is 4. The van der Waals surface area contributed by atoms with Gasteiger partial charge in [0.25, 0.3) is 0 Å². The quantitative estimate of drug-likeness (QED) is 0.805. The maximum atomic E-state index is 13.4. The minimum absolute atomic E-state index is 0.00239. The van der Waals surface area contributed by atoms with Crippen molar-refractivity contribution in [2.24, 2.45) is 0 Å². The minimum atomic E-state index is -4.55. The molecular formula is C16H21F3N4O2S. The highest BCUT2D eigenvalue weighted by Gasteiger charge is 2.37. The van der Waals surface area contributed by atoms with E-state index in [4.69, 9.17) is 0 Å². The van der Waals surface area contributed by atoms with E-state index in [9.17, 15) is 21.6 Å². The largest absolute Gasteiger partial charge is 0.433 e. The molecule has 0 aliphatic carbocycles. The first kappa shape index (κ1) is 19.1. The summed E-state index contributed by atoms with van der Waals surface area (Å²) >= 11 is 0. The lowest BCUT2D eigenvalue weighted by Gasteiger charge is -2.14. The number of hydrogen-bond donors (Lipinski definition) is 0. The number of aromatic nitrogens is 3. The fraction of sp³-hybridized carbons (Fsp3) is 0.625. The molecule has 10 heteroatoms. The summed E-state index contributed by atoms with van der Waals surface area (Å²) < 4.78 is 66.5. The molecule has 1 aliphatic heterocycles. The predicted molar refractivity (Wildman–Crippen MR) is 90.5 cm³/mol. The topological polar surface area (TPSA) is 67.6 Å². The molecule has 26 heavy (non-hydrogen) atoms. The minimum Gasteiger partial charge on any atom is -0.233 e. The molecule has 0 radical (unpaired) electrons. The zero-order valence-corrected chi connectivity index (χ0v) is 15.6. The van der Waals surface area contributed by atoms with Gasteiger partial charge in [-0.2, -0.15) is 18.3 Å². The van der Waals surface area contributed by atoms with Gasteiger partial charge in [-0.1, -0.05) is 13.8 Å². The standard InChI is InChI=1S/C16H21F3N4O2S/c1-4-26(24,25)22-6-5-11(9-22)13-8-15-20-12(10(2)3)7-14(16(17,18)19)23(15)21-13/h7-8,10-11H,4-6,9H2,1-3H3. The molecule has 2 aromatic rings. The summed E-state index contributed by atoms with van der Waals surface area (Å²) in [5, 5.41) is 4.12. The van der Waals surface area contributed by atoms with Gasteiger partial charge in [-0.3, -0.25) is 0 Å². The Morgan fingerprint density at radius 1 is 1.31 bits per heavy atom. The number of halogens is 3. The van der Waals surface area contributed by atoms with Gasteiger partial charge in [-0.15, -0.1) is 0 Å². The van der Waals surface area contributed by atoms with Crippen LogP contribution in [-0.4, -0.2) is 46.2 Å². The van der Waals surface area contributed by atoms with Crippen LogP contribution in [0, 0.1) is 0 Å². The Labute approximate surface area is 150 Å². The third-order valence-corrected chi connectivity index (χ3v) is 6.52. The molecule has 0 N–H and O–H groups in total. The fourth-order valence-corrected chi connectivity index (χ4v) is 4.27. The van der Waals surface area contributed by atoms with Crippen LogP contribution in [0.4, 0.5) is 13.2 Å². The van der Waals surface area contributed by atoms with Crippen molar-refractivity contribution in [1.82, 2.24) is 18.9 Å². The average molecular weight is 390 g/mol. The van der Waals surface area contributed by atoms with Crippen molar-refractivity contribution in [3.8, 4) is 0 Å². The Morgan fingerprint density at radius 3 is 2.58 bits per heavy atom. The molecule has 1 saturated heterocycles. The van der Waals surface area contributed by atoms with Gasteiger partial charge in [0.1, 0.15) is 5.69 Å². The molecule has 1 fully saturated rings. The number of sulfonamides is 1. The molecule has 0 bridgehead atoms. The average Bonchev–Trinajstić information content (AvgIpc) is 3.19. The summed E-state index contributed by atoms with van der Waals surface area (Å²) in [6.07, 6.45) is -4.02. The third kappa shape index (κ3) is 3.44. The van der Waals surface area contributed by atoms with Crippen molar-refractivity contribution in [3.63, 3.8) is 0 Å². The van der Waals surface area contributed by atoms with E-state index >= 15 is 0 Å². The lowest BCUT2D eigenvalue weighted by atomic mass is 10.1. The van der Waals surface area contributed by atoms with Crippen molar-refractivity contribution < 1.29 is 21.6 Å². The van der Waals surface area contributed by atoms with Crippen LogP contribution < -0.4 is 0 Å².